The minimum atomic E-state index is -3.79. The van der Waals surface area contributed by atoms with Gasteiger partial charge in [0.25, 0.3) is 10.0 Å². The van der Waals surface area contributed by atoms with E-state index in [-0.39, 0.29) is 10.5 Å². The minimum absolute atomic E-state index is 0.0101. The topological polar surface area (TPSA) is 94.2 Å². The molecule has 0 amide bonds. The maximum Gasteiger partial charge on any atom is 0.419 e. The average molecular weight is 319 g/mol. The second kappa shape index (κ2) is 4.99. The fraction of sp³-hybridized carbons (Fsp3) is 0.143. The van der Waals surface area contributed by atoms with E-state index >= 15 is 0 Å². The van der Waals surface area contributed by atoms with Gasteiger partial charge >= 0.3 is 5.76 Å². The predicted molar refractivity (Wildman–Crippen MR) is 81.2 cm³/mol. The molecular formula is C14H13N3O4S. The van der Waals surface area contributed by atoms with Crippen molar-refractivity contribution in [1.82, 2.24) is 9.55 Å². The number of benzene rings is 1. The van der Waals surface area contributed by atoms with Crippen LogP contribution < -0.4 is 10.5 Å². The Kier molecular flexibility index (Phi) is 3.25. The maximum absolute atomic E-state index is 12.4. The van der Waals surface area contributed by atoms with E-state index in [1.165, 1.54) is 29.0 Å². The number of nitrogens with zero attached hydrogens (tertiary/aromatic N) is 2. The molecule has 0 aliphatic heterocycles. The Labute approximate surface area is 126 Å². The highest BCUT2D eigenvalue weighted by Gasteiger charge is 2.17. The number of rotatable bonds is 3. The lowest BCUT2D eigenvalue weighted by atomic mass is 10.3. The van der Waals surface area contributed by atoms with Crippen LogP contribution in [0.25, 0.3) is 11.1 Å². The summed E-state index contributed by atoms with van der Waals surface area (Å²) in [7, 11) is -2.23. The molecule has 22 heavy (non-hydrogen) atoms. The number of pyridine rings is 1. The number of fused-ring (bicyclic) bond motifs is 1. The van der Waals surface area contributed by atoms with Crippen molar-refractivity contribution in [2.45, 2.75) is 11.8 Å². The van der Waals surface area contributed by atoms with Crippen molar-refractivity contribution in [3.8, 4) is 0 Å². The van der Waals surface area contributed by atoms with E-state index in [1.54, 1.807) is 19.3 Å². The molecule has 0 fully saturated rings. The first-order valence-electron chi connectivity index (χ1n) is 6.41. The van der Waals surface area contributed by atoms with Crippen molar-refractivity contribution in [2.24, 2.45) is 7.05 Å². The van der Waals surface area contributed by atoms with Gasteiger partial charge in [0, 0.05) is 19.3 Å². The van der Waals surface area contributed by atoms with Gasteiger partial charge in [0.05, 0.1) is 22.3 Å². The molecule has 0 aliphatic carbocycles. The zero-order valence-electron chi connectivity index (χ0n) is 11.9. The Morgan fingerprint density at radius 3 is 2.73 bits per heavy atom. The summed E-state index contributed by atoms with van der Waals surface area (Å²) in [4.78, 5) is 15.4. The molecule has 0 saturated heterocycles. The van der Waals surface area contributed by atoms with Crippen LogP contribution in [0.4, 0.5) is 5.69 Å². The molecule has 0 saturated carbocycles. The Morgan fingerprint density at radius 2 is 2.00 bits per heavy atom. The van der Waals surface area contributed by atoms with Crippen molar-refractivity contribution in [1.29, 1.82) is 0 Å². The van der Waals surface area contributed by atoms with E-state index in [1.807, 2.05) is 6.92 Å². The molecule has 0 spiro atoms. The number of anilines is 1. The number of hydrogen-bond acceptors (Lipinski definition) is 5. The number of sulfonamides is 1. The second-order valence-electron chi connectivity index (χ2n) is 4.91. The first kappa shape index (κ1) is 14.3. The van der Waals surface area contributed by atoms with Gasteiger partial charge in [-0.1, -0.05) is 0 Å². The van der Waals surface area contributed by atoms with Crippen molar-refractivity contribution in [2.75, 3.05) is 4.72 Å². The minimum Gasteiger partial charge on any atom is -0.408 e. The number of oxazole rings is 1. The quantitative estimate of drug-likeness (QED) is 0.792. The third kappa shape index (κ3) is 2.48. The molecule has 8 heteroatoms. The van der Waals surface area contributed by atoms with Gasteiger partial charge in [0.1, 0.15) is 0 Å². The van der Waals surface area contributed by atoms with E-state index in [2.05, 4.69) is 9.71 Å². The smallest absolute Gasteiger partial charge is 0.408 e. The van der Waals surface area contributed by atoms with Gasteiger partial charge in [-0.05, 0) is 30.7 Å². The molecule has 0 atom stereocenters. The van der Waals surface area contributed by atoms with Gasteiger partial charge in [-0.15, -0.1) is 0 Å². The van der Waals surface area contributed by atoms with Crippen LogP contribution in [0.3, 0.4) is 0 Å². The molecular weight excluding hydrogens is 306 g/mol. The third-order valence-electron chi connectivity index (χ3n) is 3.20. The average Bonchev–Trinajstić information content (AvgIpc) is 2.73. The standard InChI is InChI=1S/C14H13N3O4S/c1-9-5-10(8-15-7-9)16-22(19,20)11-3-4-12-13(6-11)21-14(18)17(12)2/h3-8,16H,1-2H3. The monoisotopic (exact) mass is 319 g/mol. The third-order valence-corrected chi connectivity index (χ3v) is 4.58. The molecule has 0 bridgehead atoms. The molecule has 3 rings (SSSR count). The zero-order chi connectivity index (χ0) is 15.9. The largest absolute Gasteiger partial charge is 0.419 e. The fourth-order valence-electron chi connectivity index (χ4n) is 2.11. The molecule has 1 N–H and O–H groups in total. The molecule has 1 aromatic carbocycles. The lowest BCUT2D eigenvalue weighted by molar-refractivity contribution is 0.527. The normalized spacial score (nSPS) is 11.7. The Bertz CT molecular complexity index is 1020. The van der Waals surface area contributed by atoms with Crippen LogP contribution in [0.2, 0.25) is 0 Å². The number of hydrogen-bond donors (Lipinski definition) is 1. The van der Waals surface area contributed by atoms with Crippen LogP contribution >= 0.6 is 0 Å². The number of nitrogens with one attached hydrogen (secondary N) is 1. The Morgan fingerprint density at radius 1 is 1.23 bits per heavy atom. The molecule has 3 aromatic rings. The number of aryl methyl sites for hydroxylation is 2. The van der Waals surface area contributed by atoms with E-state index < -0.39 is 15.8 Å². The summed E-state index contributed by atoms with van der Waals surface area (Å²) in [6.07, 6.45) is 3.05. The Balaban J connectivity index is 2.03. The van der Waals surface area contributed by atoms with Crippen LogP contribution in [0.5, 0.6) is 0 Å². The van der Waals surface area contributed by atoms with Gasteiger partial charge in [-0.25, -0.2) is 13.2 Å². The van der Waals surface area contributed by atoms with Gasteiger partial charge in [0.15, 0.2) is 5.58 Å². The zero-order valence-corrected chi connectivity index (χ0v) is 12.7. The lowest BCUT2D eigenvalue weighted by Crippen LogP contribution is -2.13. The van der Waals surface area contributed by atoms with Crippen LogP contribution in [0.1, 0.15) is 5.56 Å². The summed E-state index contributed by atoms with van der Waals surface area (Å²) in [6.45, 7) is 1.81. The summed E-state index contributed by atoms with van der Waals surface area (Å²) >= 11 is 0. The molecule has 2 aromatic heterocycles. The van der Waals surface area contributed by atoms with Crippen molar-refractivity contribution >= 4 is 26.8 Å². The highest BCUT2D eigenvalue weighted by molar-refractivity contribution is 7.92. The van der Waals surface area contributed by atoms with E-state index in [0.29, 0.717) is 11.2 Å². The molecule has 7 nitrogen and oxygen atoms in total. The molecule has 114 valence electrons. The van der Waals surface area contributed by atoms with Crippen LogP contribution in [0.15, 0.2) is 50.8 Å². The van der Waals surface area contributed by atoms with Crippen molar-refractivity contribution in [3.05, 3.63) is 52.8 Å². The highest BCUT2D eigenvalue weighted by Crippen LogP contribution is 2.20. The summed E-state index contributed by atoms with van der Waals surface area (Å²) in [6, 6.07) is 5.94. The first-order valence-corrected chi connectivity index (χ1v) is 7.89. The van der Waals surface area contributed by atoms with Crippen LogP contribution in [-0.2, 0) is 17.1 Å². The molecule has 2 heterocycles. The fourth-order valence-corrected chi connectivity index (χ4v) is 3.16. The summed E-state index contributed by atoms with van der Waals surface area (Å²) in [5.41, 5.74) is 1.96. The predicted octanol–water partition coefficient (Wildman–Crippen LogP) is 1.64. The van der Waals surface area contributed by atoms with Gasteiger partial charge in [-0.2, -0.15) is 0 Å². The summed E-state index contributed by atoms with van der Waals surface area (Å²) in [5.74, 6) is -0.541. The molecule has 0 radical (unpaired) electrons. The van der Waals surface area contributed by atoms with E-state index in [4.69, 9.17) is 4.42 Å². The molecule has 0 unspecified atom stereocenters. The summed E-state index contributed by atoms with van der Waals surface area (Å²) in [5, 5.41) is 0. The highest BCUT2D eigenvalue weighted by atomic mass is 32.2. The van der Waals surface area contributed by atoms with E-state index in [0.717, 1.165) is 5.56 Å². The second-order valence-corrected chi connectivity index (χ2v) is 6.60. The lowest BCUT2D eigenvalue weighted by Gasteiger charge is -2.08. The maximum atomic E-state index is 12.4. The van der Waals surface area contributed by atoms with Gasteiger partial charge in [-0.3, -0.25) is 14.3 Å². The molecule has 0 aliphatic rings. The number of aromatic nitrogens is 2. The summed E-state index contributed by atoms with van der Waals surface area (Å²) < 4.78 is 33.5. The van der Waals surface area contributed by atoms with Gasteiger partial charge in [0.2, 0.25) is 0 Å². The SMILES string of the molecule is Cc1cncc(NS(=O)(=O)c2ccc3c(c2)oc(=O)n3C)c1. The van der Waals surface area contributed by atoms with Crippen LogP contribution in [-0.4, -0.2) is 18.0 Å². The van der Waals surface area contributed by atoms with E-state index in [9.17, 15) is 13.2 Å². The van der Waals surface area contributed by atoms with Crippen molar-refractivity contribution in [3.63, 3.8) is 0 Å². The van der Waals surface area contributed by atoms with Gasteiger partial charge < -0.3 is 4.42 Å². The first-order chi connectivity index (χ1) is 10.4. The van der Waals surface area contributed by atoms with Crippen LogP contribution in [0, 0.1) is 6.92 Å². The Hall–Kier alpha value is -2.61. The van der Waals surface area contributed by atoms with Crippen molar-refractivity contribution < 1.29 is 12.8 Å².